The molecule has 0 aliphatic carbocycles. The number of benzene rings is 1. The molecule has 1 aromatic rings. The first-order chi connectivity index (χ1) is 9.07. The number of nitrogens with one attached hydrogen (secondary N) is 1. The van der Waals surface area contributed by atoms with Crippen molar-refractivity contribution in [3.8, 4) is 0 Å². The van der Waals surface area contributed by atoms with Gasteiger partial charge in [-0.25, -0.2) is 9.18 Å². The molecule has 1 rings (SSSR count). The van der Waals surface area contributed by atoms with E-state index in [1.54, 1.807) is 0 Å². The van der Waals surface area contributed by atoms with Crippen LogP contribution in [0, 0.1) is 5.82 Å². The summed E-state index contributed by atoms with van der Waals surface area (Å²) in [5.74, 6) is -2.04. The van der Waals surface area contributed by atoms with Gasteiger partial charge in [0.15, 0.2) is 0 Å². The highest BCUT2D eigenvalue weighted by Gasteiger charge is 2.16. The van der Waals surface area contributed by atoms with Crippen molar-refractivity contribution in [2.45, 2.75) is 6.42 Å². The molecule has 0 heterocycles. The van der Waals surface area contributed by atoms with Crippen molar-refractivity contribution in [1.29, 1.82) is 0 Å². The van der Waals surface area contributed by atoms with Gasteiger partial charge in [0.1, 0.15) is 11.4 Å². The van der Waals surface area contributed by atoms with Gasteiger partial charge in [-0.3, -0.25) is 0 Å². The van der Waals surface area contributed by atoms with E-state index in [1.165, 1.54) is 6.07 Å². The second-order valence-electron chi connectivity index (χ2n) is 3.81. The maximum atomic E-state index is 13.2. The predicted molar refractivity (Wildman–Crippen MR) is 68.8 cm³/mol. The molecule has 19 heavy (non-hydrogen) atoms. The van der Waals surface area contributed by atoms with Crippen molar-refractivity contribution >= 4 is 17.3 Å². The van der Waals surface area contributed by atoms with Gasteiger partial charge in [-0.2, -0.15) is 0 Å². The summed E-state index contributed by atoms with van der Waals surface area (Å²) in [7, 11) is 0. The lowest BCUT2D eigenvalue weighted by molar-refractivity contribution is 0.0698. The van der Waals surface area contributed by atoms with Crippen LogP contribution < -0.4 is 11.1 Å². The van der Waals surface area contributed by atoms with E-state index in [-0.39, 0.29) is 30.2 Å². The zero-order chi connectivity index (χ0) is 14.3. The zero-order valence-electron chi connectivity index (χ0n) is 10.4. The van der Waals surface area contributed by atoms with Crippen LogP contribution in [0.25, 0.3) is 0 Å². The Labute approximate surface area is 110 Å². The fourth-order valence-corrected chi connectivity index (χ4v) is 1.54. The van der Waals surface area contributed by atoms with Crippen molar-refractivity contribution < 1.29 is 24.1 Å². The van der Waals surface area contributed by atoms with Gasteiger partial charge >= 0.3 is 5.97 Å². The topological polar surface area (TPSA) is 105 Å². The van der Waals surface area contributed by atoms with Crippen LogP contribution in [0.4, 0.5) is 15.8 Å². The third-order valence-corrected chi connectivity index (χ3v) is 2.42. The molecule has 0 spiro atoms. The third-order valence-electron chi connectivity index (χ3n) is 2.42. The highest BCUT2D eigenvalue weighted by atomic mass is 19.1. The number of nitrogens with two attached hydrogens (primary N) is 1. The van der Waals surface area contributed by atoms with Gasteiger partial charge in [-0.1, -0.05) is 0 Å². The first kappa shape index (κ1) is 15.2. The molecule has 7 heteroatoms. The molecule has 0 unspecified atom stereocenters. The monoisotopic (exact) mass is 272 g/mol. The van der Waals surface area contributed by atoms with Crippen molar-refractivity contribution in [3.63, 3.8) is 0 Å². The summed E-state index contributed by atoms with van der Waals surface area (Å²) >= 11 is 0. The second-order valence-corrected chi connectivity index (χ2v) is 3.81. The number of aliphatic hydroxyl groups excluding tert-OH is 1. The largest absolute Gasteiger partial charge is 0.478 e. The lowest BCUT2D eigenvalue weighted by Crippen LogP contribution is -2.13. The molecule has 0 amide bonds. The van der Waals surface area contributed by atoms with E-state index >= 15 is 0 Å². The molecule has 1 aromatic carbocycles. The SMILES string of the molecule is Nc1c(F)ccc(NCCCOCCO)c1C(=O)O. The number of aliphatic hydroxyl groups is 1. The van der Waals surface area contributed by atoms with Crippen LogP contribution in [0.15, 0.2) is 12.1 Å². The minimum absolute atomic E-state index is 0.0366. The van der Waals surface area contributed by atoms with Crippen LogP contribution in [-0.2, 0) is 4.74 Å². The lowest BCUT2D eigenvalue weighted by atomic mass is 10.1. The van der Waals surface area contributed by atoms with Crippen molar-refractivity contribution in [2.24, 2.45) is 0 Å². The van der Waals surface area contributed by atoms with Gasteiger partial charge in [-0.05, 0) is 18.6 Å². The Morgan fingerprint density at radius 1 is 1.42 bits per heavy atom. The Bertz CT molecular complexity index is 440. The van der Waals surface area contributed by atoms with Crippen LogP contribution in [0.2, 0.25) is 0 Å². The number of carboxylic acids is 1. The lowest BCUT2D eigenvalue weighted by Gasteiger charge is -2.12. The molecule has 0 bridgehead atoms. The van der Waals surface area contributed by atoms with E-state index in [1.807, 2.05) is 0 Å². The molecule has 0 fully saturated rings. The summed E-state index contributed by atoms with van der Waals surface area (Å²) in [5.41, 5.74) is 5.03. The molecular formula is C12H17FN2O4. The number of nitrogen functional groups attached to an aromatic ring is 1. The number of anilines is 2. The zero-order valence-corrected chi connectivity index (χ0v) is 10.4. The van der Waals surface area contributed by atoms with Gasteiger partial charge in [0.25, 0.3) is 0 Å². The normalized spacial score (nSPS) is 10.4. The van der Waals surface area contributed by atoms with Gasteiger partial charge in [0, 0.05) is 13.2 Å². The Morgan fingerprint density at radius 2 is 2.16 bits per heavy atom. The van der Waals surface area contributed by atoms with Crippen molar-refractivity contribution in [2.75, 3.05) is 37.4 Å². The number of hydrogen-bond donors (Lipinski definition) is 4. The number of hydrogen-bond acceptors (Lipinski definition) is 5. The summed E-state index contributed by atoms with van der Waals surface area (Å²) < 4.78 is 18.2. The summed E-state index contributed by atoms with van der Waals surface area (Å²) in [5, 5.41) is 20.4. The molecule has 0 aliphatic heterocycles. The quantitative estimate of drug-likeness (QED) is 0.414. The minimum atomic E-state index is -1.28. The number of aromatic carboxylic acids is 1. The minimum Gasteiger partial charge on any atom is -0.478 e. The number of ether oxygens (including phenoxy) is 1. The van der Waals surface area contributed by atoms with Gasteiger partial charge in [0.05, 0.1) is 24.6 Å². The third kappa shape index (κ3) is 4.38. The van der Waals surface area contributed by atoms with Crippen LogP contribution in [0.3, 0.4) is 0 Å². The Balaban J connectivity index is 2.58. The summed E-state index contributed by atoms with van der Waals surface area (Å²) in [6.45, 7) is 1.12. The first-order valence-electron chi connectivity index (χ1n) is 5.81. The summed E-state index contributed by atoms with van der Waals surface area (Å²) in [6.07, 6.45) is 0.621. The summed E-state index contributed by atoms with van der Waals surface area (Å²) in [6, 6.07) is 2.45. The maximum absolute atomic E-state index is 13.2. The number of rotatable bonds is 8. The average molecular weight is 272 g/mol. The molecule has 0 aromatic heterocycles. The highest BCUT2D eigenvalue weighted by Crippen LogP contribution is 2.25. The number of carbonyl (C=O) groups is 1. The average Bonchev–Trinajstić information content (AvgIpc) is 2.37. The summed E-state index contributed by atoms with van der Waals surface area (Å²) in [4.78, 5) is 11.0. The molecule has 0 radical (unpaired) electrons. The van der Waals surface area contributed by atoms with Crippen LogP contribution in [0.5, 0.6) is 0 Å². The molecule has 0 aliphatic rings. The van der Waals surface area contributed by atoms with E-state index in [4.69, 9.17) is 20.7 Å². The Hall–Kier alpha value is -1.86. The highest BCUT2D eigenvalue weighted by molar-refractivity contribution is 6.00. The molecule has 106 valence electrons. The molecule has 0 saturated heterocycles. The molecular weight excluding hydrogens is 255 g/mol. The van der Waals surface area contributed by atoms with Crippen molar-refractivity contribution in [1.82, 2.24) is 0 Å². The molecule has 5 N–H and O–H groups in total. The van der Waals surface area contributed by atoms with Crippen LogP contribution in [0.1, 0.15) is 16.8 Å². The second kappa shape index (κ2) is 7.55. The van der Waals surface area contributed by atoms with E-state index in [2.05, 4.69) is 5.32 Å². The molecule has 0 saturated carbocycles. The van der Waals surface area contributed by atoms with Crippen molar-refractivity contribution in [3.05, 3.63) is 23.5 Å². The fourth-order valence-electron chi connectivity index (χ4n) is 1.54. The van der Waals surface area contributed by atoms with E-state index in [0.29, 0.717) is 19.6 Å². The number of halogens is 1. The Kier molecular flexibility index (Phi) is 6.04. The smallest absolute Gasteiger partial charge is 0.340 e. The predicted octanol–water partition coefficient (Wildman–Crippen LogP) is 0.917. The Morgan fingerprint density at radius 3 is 2.79 bits per heavy atom. The molecule has 0 atom stereocenters. The van der Waals surface area contributed by atoms with Gasteiger partial charge < -0.3 is 26.0 Å². The standard InChI is InChI=1S/C12H17FN2O4/c13-8-2-3-9(10(11(8)14)12(17)18)15-4-1-6-19-7-5-16/h2-3,15-16H,1,4-7,14H2,(H,17,18). The van der Waals surface area contributed by atoms with Crippen LogP contribution in [-0.4, -0.2) is 42.5 Å². The van der Waals surface area contributed by atoms with Gasteiger partial charge in [0.2, 0.25) is 0 Å². The fraction of sp³-hybridized carbons (Fsp3) is 0.417. The van der Waals surface area contributed by atoms with E-state index < -0.39 is 11.8 Å². The van der Waals surface area contributed by atoms with Gasteiger partial charge in [-0.15, -0.1) is 0 Å². The molecule has 6 nitrogen and oxygen atoms in total. The maximum Gasteiger partial charge on any atom is 0.340 e. The van der Waals surface area contributed by atoms with Crippen LogP contribution >= 0.6 is 0 Å². The van der Waals surface area contributed by atoms with E-state index in [0.717, 1.165) is 6.07 Å². The first-order valence-corrected chi connectivity index (χ1v) is 5.81. The van der Waals surface area contributed by atoms with E-state index in [9.17, 15) is 9.18 Å². The number of carboxylic acid groups (broad SMARTS) is 1.